The molecule has 7 nitrogen and oxygen atoms in total. The number of para-hydroxylation sites is 1. The highest BCUT2D eigenvalue weighted by Crippen LogP contribution is 2.48. The maximum atomic E-state index is 14.5. The second kappa shape index (κ2) is 7.79. The van der Waals surface area contributed by atoms with Gasteiger partial charge in [-0.2, -0.15) is 4.98 Å². The maximum absolute atomic E-state index is 14.5. The maximum Gasteiger partial charge on any atom is 0.258 e. The predicted molar refractivity (Wildman–Crippen MR) is 109 cm³/mol. The second-order valence-electron chi connectivity index (χ2n) is 7.79. The van der Waals surface area contributed by atoms with Crippen LogP contribution in [0.1, 0.15) is 41.9 Å². The van der Waals surface area contributed by atoms with Gasteiger partial charge in [0.05, 0.1) is 6.04 Å². The molecule has 2 fully saturated rings. The van der Waals surface area contributed by atoms with Crippen molar-refractivity contribution in [2.45, 2.75) is 37.4 Å². The lowest BCUT2D eigenvalue weighted by Crippen LogP contribution is -2.35. The highest BCUT2D eigenvalue weighted by atomic mass is 32.2. The first kappa shape index (κ1) is 20.5. The molecule has 30 heavy (non-hydrogen) atoms. The van der Waals surface area contributed by atoms with Gasteiger partial charge in [0, 0.05) is 17.9 Å². The Bertz CT molecular complexity index is 1080. The Morgan fingerprint density at radius 3 is 2.60 bits per heavy atom. The molecular weight excluding hydrogens is 409 g/mol. The van der Waals surface area contributed by atoms with Gasteiger partial charge in [-0.3, -0.25) is 4.79 Å². The van der Waals surface area contributed by atoms with Crippen LogP contribution in [0.15, 0.2) is 48.0 Å². The van der Waals surface area contributed by atoms with E-state index in [0.717, 1.165) is 24.5 Å². The first-order valence-corrected chi connectivity index (χ1v) is 11.7. The zero-order valence-electron chi connectivity index (χ0n) is 16.4. The number of nitrogens with one attached hydrogen (secondary N) is 1. The van der Waals surface area contributed by atoms with Gasteiger partial charge in [-0.25, -0.2) is 17.8 Å². The largest absolute Gasteiger partial charge is 0.438 e. The fourth-order valence-corrected chi connectivity index (χ4v) is 3.44. The number of sulfone groups is 1. The van der Waals surface area contributed by atoms with Gasteiger partial charge in [0.1, 0.15) is 11.3 Å². The highest BCUT2D eigenvalue weighted by Gasteiger charge is 2.48. The van der Waals surface area contributed by atoms with E-state index in [9.17, 15) is 17.6 Å². The van der Waals surface area contributed by atoms with Crippen molar-refractivity contribution in [1.29, 1.82) is 0 Å². The lowest BCUT2D eigenvalue weighted by molar-refractivity contribution is 0.0937. The predicted octanol–water partition coefficient (Wildman–Crippen LogP) is 3.29. The van der Waals surface area contributed by atoms with Crippen molar-refractivity contribution in [3.63, 3.8) is 0 Å². The van der Waals surface area contributed by atoms with E-state index >= 15 is 0 Å². The third-order valence-electron chi connectivity index (χ3n) is 5.01. The third-order valence-corrected chi connectivity index (χ3v) is 5.66. The fourth-order valence-electron chi connectivity index (χ4n) is 2.98. The number of nitrogens with zero attached hydrogens (tertiary/aromatic N) is 2. The monoisotopic (exact) mass is 431 g/mol. The van der Waals surface area contributed by atoms with Gasteiger partial charge in [-0.1, -0.05) is 24.3 Å². The molecule has 1 aromatic carbocycles. The van der Waals surface area contributed by atoms with Gasteiger partial charge >= 0.3 is 0 Å². The van der Waals surface area contributed by atoms with Crippen molar-refractivity contribution in [2.24, 2.45) is 5.92 Å². The number of carbonyl (C=O) groups is 1. The van der Waals surface area contributed by atoms with Crippen LogP contribution in [-0.2, 0) is 15.5 Å². The molecule has 1 heterocycles. The SMILES string of the molecule is CS(=O)(=O)/C=C/[C@@H](NC(=O)c1cnc(C2(F)CC2)nc1Oc1ccccc1)C1CC1. The molecule has 0 bridgehead atoms. The molecule has 0 aliphatic heterocycles. The molecule has 1 aromatic heterocycles. The number of rotatable bonds is 8. The van der Waals surface area contributed by atoms with Gasteiger partial charge in [0.15, 0.2) is 21.3 Å². The van der Waals surface area contributed by atoms with Crippen molar-refractivity contribution >= 4 is 15.7 Å². The van der Waals surface area contributed by atoms with E-state index in [4.69, 9.17) is 4.74 Å². The Morgan fingerprint density at radius 2 is 2.00 bits per heavy atom. The standard InChI is InChI=1S/C21H22FN3O4S/c1-30(27,28)12-9-17(14-7-8-14)24-18(26)16-13-23-20(21(22)10-11-21)25-19(16)29-15-5-3-2-4-6-15/h2-6,9,12-14,17H,7-8,10-11H2,1H3,(H,24,26)/b12-9+/t17-/m1/s1. The van der Waals surface area contributed by atoms with Crippen LogP contribution in [0, 0.1) is 5.92 Å². The topological polar surface area (TPSA) is 98.2 Å². The number of ether oxygens (including phenoxy) is 1. The molecule has 9 heteroatoms. The van der Waals surface area contributed by atoms with Crippen LogP contribution >= 0.6 is 0 Å². The van der Waals surface area contributed by atoms with Crippen LogP contribution in [0.3, 0.4) is 0 Å². The number of hydrogen-bond acceptors (Lipinski definition) is 6. The van der Waals surface area contributed by atoms with Crippen molar-refractivity contribution in [3.05, 3.63) is 59.4 Å². The Hall–Kier alpha value is -2.81. The van der Waals surface area contributed by atoms with E-state index in [-0.39, 0.29) is 23.2 Å². The zero-order chi connectivity index (χ0) is 21.4. The van der Waals surface area contributed by atoms with Gasteiger partial charge in [0.25, 0.3) is 5.91 Å². The summed E-state index contributed by atoms with van der Waals surface area (Å²) in [5.74, 6) is 0.0861. The summed E-state index contributed by atoms with van der Waals surface area (Å²) in [4.78, 5) is 21.2. The second-order valence-corrected chi connectivity index (χ2v) is 9.72. The van der Waals surface area contributed by atoms with Gasteiger partial charge in [-0.05, 0) is 43.7 Å². The van der Waals surface area contributed by atoms with Gasteiger partial charge in [-0.15, -0.1) is 0 Å². The first-order chi connectivity index (χ1) is 14.2. The summed E-state index contributed by atoms with van der Waals surface area (Å²) in [6.07, 6.45) is 6.31. The van der Waals surface area contributed by atoms with E-state index in [2.05, 4.69) is 15.3 Å². The molecule has 158 valence electrons. The molecule has 1 N–H and O–H groups in total. The molecule has 4 rings (SSSR count). The molecule has 0 unspecified atom stereocenters. The summed E-state index contributed by atoms with van der Waals surface area (Å²) in [5, 5.41) is 3.92. The van der Waals surface area contributed by atoms with E-state index in [0.29, 0.717) is 18.6 Å². The van der Waals surface area contributed by atoms with E-state index in [1.807, 2.05) is 6.07 Å². The van der Waals surface area contributed by atoms with Crippen LogP contribution in [0.5, 0.6) is 11.6 Å². The molecular formula is C21H22FN3O4S. The van der Waals surface area contributed by atoms with Crippen molar-refractivity contribution < 1.29 is 22.3 Å². The summed E-state index contributed by atoms with van der Waals surface area (Å²) in [5.41, 5.74) is -1.51. The minimum Gasteiger partial charge on any atom is -0.438 e. The van der Waals surface area contributed by atoms with E-state index < -0.39 is 27.5 Å². The smallest absolute Gasteiger partial charge is 0.258 e. The van der Waals surface area contributed by atoms with Crippen molar-refractivity contribution in [2.75, 3.05) is 6.26 Å². The number of aromatic nitrogens is 2. The molecule has 2 aromatic rings. The fraction of sp³-hybridized carbons (Fsp3) is 0.381. The quantitative estimate of drug-likeness (QED) is 0.689. The first-order valence-electron chi connectivity index (χ1n) is 9.72. The molecule has 2 aliphatic carbocycles. The van der Waals surface area contributed by atoms with E-state index in [1.165, 1.54) is 12.3 Å². The Morgan fingerprint density at radius 1 is 1.30 bits per heavy atom. The summed E-state index contributed by atoms with van der Waals surface area (Å²) in [6.45, 7) is 0. The Balaban J connectivity index is 1.61. The minimum atomic E-state index is -3.31. The molecule has 2 aliphatic rings. The lowest BCUT2D eigenvalue weighted by Gasteiger charge is -2.16. The summed E-state index contributed by atoms with van der Waals surface area (Å²) in [7, 11) is -3.31. The molecule has 1 atom stereocenters. The zero-order valence-corrected chi connectivity index (χ0v) is 17.2. The summed E-state index contributed by atoms with van der Waals surface area (Å²) < 4.78 is 43.2. The molecule has 2 saturated carbocycles. The van der Waals surface area contributed by atoms with Crippen LogP contribution in [0.4, 0.5) is 4.39 Å². The summed E-state index contributed by atoms with van der Waals surface area (Å²) in [6, 6.07) is 8.33. The van der Waals surface area contributed by atoms with Crippen molar-refractivity contribution in [3.8, 4) is 11.6 Å². The van der Waals surface area contributed by atoms with Crippen molar-refractivity contribution in [1.82, 2.24) is 15.3 Å². The number of alkyl halides is 1. The number of amides is 1. The van der Waals surface area contributed by atoms with Crippen LogP contribution < -0.4 is 10.1 Å². The third kappa shape index (κ3) is 5.02. The van der Waals surface area contributed by atoms with E-state index in [1.54, 1.807) is 24.3 Å². The average Bonchev–Trinajstić information content (AvgIpc) is 3.62. The average molecular weight is 431 g/mol. The normalized spacial score (nSPS) is 18.7. The Labute approximate surface area is 174 Å². The van der Waals surface area contributed by atoms with Crippen LogP contribution in [0.2, 0.25) is 0 Å². The number of hydrogen-bond donors (Lipinski definition) is 1. The molecule has 0 radical (unpaired) electrons. The van der Waals surface area contributed by atoms with Crippen LogP contribution in [0.25, 0.3) is 0 Å². The van der Waals surface area contributed by atoms with Gasteiger partial charge < -0.3 is 10.1 Å². The number of carbonyl (C=O) groups excluding carboxylic acids is 1. The Kier molecular flexibility index (Phi) is 5.31. The highest BCUT2D eigenvalue weighted by molar-refractivity contribution is 7.93. The van der Waals surface area contributed by atoms with Gasteiger partial charge in [0.2, 0.25) is 5.88 Å². The molecule has 0 spiro atoms. The minimum absolute atomic E-state index is 0.000645. The number of halogens is 1. The van der Waals surface area contributed by atoms with Crippen LogP contribution in [-0.4, -0.2) is 36.6 Å². The molecule has 1 amide bonds. The lowest BCUT2D eigenvalue weighted by atomic mass is 10.1. The summed E-state index contributed by atoms with van der Waals surface area (Å²) >= 11 is 0. The number of benzene rings is 1. The molecule has 0 saturated heterocycles.